The lowest BCUT2D eigenvalue weighted by Crippen LogP contribution is -2.23. The lowest BCUT2D eigenvalue weighted by Gasteiger charge is -2.08. The monoisotopic (exact) mass is 372 g/mol. The molecule has 0 aliphatic heterocycles. The summed E-state index contributed by atoms with van der Waals surface area (Å²) in [5.41, 5.74) is 1.72. The van der Waals surface area contributed by atoms with Crippen molar-refractivity contribution in [3.8, 4) is 5.82 Å². The molecule has 0 spiro atoms. The Morgan fingerprint density at radius 2 is 2.04 bits per heavy atom. The van der Waals surface area contributed by atoms with Crippen LogP contribution >= 0.6 is 11.7 Å². The van der Waals surface area contributed by atoms with E-state index < -0.39 is 10.0 Å². The first-order valence-corrected chi connectivity index (χ1v) is 9.51. The highest BCUT2D eigenvalue weighted by molar-refractivity contribution is 7.89. The number of nitrogens with one attached hydrogen (secondary N) is 1. The minimum Gasteiger partial charge on any atom is -0.237 e. The molecule has 10 heteroatoms. The Morgan fingerprint density at radius 1 is 1.12 bits per heavy atom. The fourth-order valence-corrected chi connectivity index (χ4v) is 4.14. The molecule has 0 amide bonds. The number of nitrogens with zero attached hydrogens (tertiary/aromatic N) is 5. The van der Waals surface area contributed by atoms with E-state index in [9.17, 15) is 8.42 Å². The minimum atomic E-state index is -3.71. The number of sulfonamides is 1. The fraction of sp³-hybridized carbons (Fsp3) is 0.0667. The molecule has 3 aromatic heterocycles. The summed E-state index contributed by atoms with van der Waals surface area (Å²) in [6.07, 6.45) is 5.04. The average molecular weight is 372 g/mol. The van der Waals surface area contributed by atoms with Crippen LogP contribution in [0.2, 0.25) is 0 Å². The molecule has 0 bridgehead atoms. The summed E-state index contributed by atoms with van der Waals surface area (Å²) in [5.74, 6) is 0.618. The minimum absolute atomic E-state index is 0.125. The first-order chi connectivity index (χ1) is 12.1. The molecule has 8 nitrogen and oxygen atoms in total. The summed E-state index contributed by atoms with van der Waals surface area (Å²) in [5, 5.41) is 4.11. The zero-order chi connectivity index (χ0) is 17.3. The Hall–Kier alpha value is -2.69. The Kier molecular flexibility index (Phi) is 3.99. The molecule has 1 aromatic carbocycles. The SMILES string of the molecule is O=S(=O)(NCc1ccnc(-n2cccn2)c1)c1cccc2nsnc12. The van der Waals surface area contributed by atoms with E-state index in [1.54, 1.807) is 53.6 Å². The average Bonchev–Trinajstić information content (AvgIpc) is 3.31. The van der Waals surface area contributed by atoms with E-state index in [0.717, 1.165) is 17.3 Å². The summed E-state index contributed by atoms with van der Waals surface area (Å²) in [7, 11) is -3.71. The topological polar surface area (TPSA) is 103 Å². The van der Waals surface area contributed by atoms with Gasteiger partial charge in [0.1, 0.15) is 15.9 Å². The Morgan fingerprint density at radius 3 is 2.88 bits per heavy atom. The molecule has 0 aliphatic carbocycles. The highest BCUT2D eigenvalue weighted by Crippen LogP contribution is 2.21. The number of aromatic nitrogens is 5. The van der Waals surface area contributed by atoms with E-state index in [2.05, 4.69) is 23.6 Å². The number of hydrogen-bond donors (Lipinski definition) is 1. The van der Waals surface area contributed by atoms with E-state index in [1.807, 2.05) is 0 Å². The van der Waals surface area contributed by atoms with Crippen LogP contribution in [0.4, 0.5) is 0 Å². The van der Waals surface area contributed by atoms with Crippen molar-refractivity contribution >= 4 is 32.8 Å². The third-order valence-electron chi connectivity index (χ3n) is 3.55. The maximum Gasteiger partial charge on any atom is 0.243 e. The van der Waals surface area contributed by atoms with E-state index in [1.165, 1.54) is 6.07 Å². The highest BCUT2D eigenvalue weighted by Gasteiger charge is 2.19. The van der Waals surface area contributed by atoms with Crippen LogP contribution in [0.25, 0.3) is 16.9 Å². The molecule has 4 aromatic rings. The molecule has 3 heterocycles. The van der Waals surface area contributed by atoms with Crippen molar-refractivity contribution in [1.82, 2.24) is 28.2 Å². The van der Waals surface area contributed by atoms with E-state index in [0.29, 0.717) is 16.9 Å². The van der Waals surface area contributed by atoms with Crippen LogP contribution in [0, 0.1) is 0 Å². The van der Waals surface area contributed by atoms with Gasteiger partial charge in [-0.15, -0.1) is 0 Å². The van der Waals surface area contributed by atoms with Crippen molar-refractivity contribution < 1.29 is 8.42 Å². The molecule has 0 saturated carbocycles. The molecule has 25 heavy (non-hydrogen) atoms. The van der Waals surface area contributed by atoms with Gasteiger partial charge in [-0.05, 0) is 35.9 Å². The van der Waals surface area contributed by atoms with Gasteiger partial charge in [-0.2, -0.15) is 13.8 Å². The summed E-state index contributed by atoms with van der Waals surface area (Å²) in [6.45, 7) is 0.132. The normalized spacial score (nSPS) is 11.8. The van der Waals surface area contributed by atoms with Crippen LogP contribution in [-0.2, 0) is 16.6 Å². The number of benzene rings is 1. The van der Waals surface area contributed by atoms with Crippen LogP contribution in [0.15, 0.2) is 59.9 Å². The summed E-state index contributed by atoms with van der Waals surface area (Å²) < 4.78 is 37.6. The van der Waals surface area contributed by atoms with Crippen LogP contribution in [0.1, 0.15) is 5.56 Å². The second-order valence-corrected chi connectivity index (χ2v) is 7.45. The van der Waals surface area contributed by atoms with Crippen molar-refractivity contribution in [3.63, 3.8) is 0 Å². The molecule has 126 valence electrons. The molecule has 0 fully saturated rings. The summed E-state index contributed by atoms with van der Waals surface area (Å²) >= 11 is 0.988. The van der Waals surface area contributed by atoms with Gasteiger partial charge in [0.05, 0.1) is 11.7 Å². The zero-order valence-electron chi connectivity index (χ0n) is 12.8. The number of hydrogen-bond acceptors (Lipinski definition) is 7. The second kappa shape index (κ2) is 6.31. The van der Waals surface area contributed by atoms with Gasteiger partial charge in [0.2, 0.25) is 10.0 Å². The van der Waals surface area contributed by atoms with Gasteiger partial charge in [0, 0.05) is 25.1 Å². The van der Waals surface area contributed by atoms with E-state index in [-0.39, 0.29) is 11.4 Å². The predicted molar refractivity (Wildman–Crippen MR) is 92.8 cm³/mol. The van der Waals surface area contributed by atoms with Gasteiger partial charge < -0.3 is 0 Å². The van der Waals surface area contributed by atoms with Crippen molar-refractivity contribution in [2.75, 3.05) is 0 Å². The third-order valence-corrected chi connectivity index (χ3v) is 5.53. The highest BCUT2D eigenvalue weighted by atomic mass is 32.2. The number of fused-ring (bicyclic) bond motifs is 1. The molecule has 0 atom stereocenters. The van der Waals surface area contributed by atoms with Crippen LogP contribution in [0.3, 0.4) is 0 Å². The van der Waals surface area contributed by atoms with Crippen molar-refractivity contribution in [2.45, 2.75) is 11.4 Å². The standard InChI is InChI=1S/C15H12N6O2S2/c22-25(23,13-4-1-3-12-15(13)20-24-19-12)18-10-11-5-7-16-14(9-11)21-8-2-6-17-21/h1-9,18H,10H2. The largest absolute Gasteiger partial charge is 0.243 e. The summed E-state index contributed by atoms with van der Waals surface area (Å²) in [6, 6.07) is 10.2. The molecule has 4 rings (SSSR count). The van der Waals surface area contributed by atoms with Gasteiger partial charge in [0.25, 0.3) is 0 Å². The Balaban J connectivity index is 1.59. The quantitative estimate of drug-likeness (QED) is 0.572. The van der Waals surface area contributed by atoms with Crippen LogP contribution in [-0.4, -0.2) is 31.9 Å². The molecule has 0 radical (unpaired) electrons. The van der Waals surface area contributed by atoms with Crippen molar-refractivity contribution in [1.29, 1.82) is 0 Å². The maximum atomic E-state index is 12.6. The molecule has 0 unspecified atom stereocenters. The maximum absolute atomic E-state index is 12.6. The molecular formula is C15H12N6O2S2. The fourth-order valence-electron chi connectivity index (χ4n) is 2.35. The predicted octanol–water partition coefficient (Wildman–Crippen LogP) is 1.75. The third kappa shape index (κ3) is 3.14. The van der Waals surface area contributed by atoms with Gasteiger partial charge in [-0.3, -0.25) is 0 Å². The van der Waals surface area contributed by atoms with E-state index >= 15 is 0 Å². The first kappa shape index (κ1) is 15.8. The van der Waals surface area contributed by atoms with Crippen molar-refractivity contribution in [2.24, 2.45) is 0 Å². The number of pyridine rings is 1. The first-order valence-electron chi connectivity index (χ1n) is 7.29. The van der Waals surface area contributed by atoms with Gasteiger partial charge in [0.15, 0.2) is 5.82 Å². The number of rotatable bonds is 5. The van der Waals surface area contributed by atoms with E-state index in [4.69, 9.17) is 0 Å². The van der Waals surface area contributed by atoms with Gasteiger partial charge >= 0.3 is 0 Å². The molecular weight excluding hydrogens is 360 g/mol. The molecule has 1 N–H and O–H groups in total. The van der Waals surface area contributed by atoms with Gasteiger partial charge in [-0.25, -0.2) is 22.8 Å². The van der Waals surface area contributed by atoms with Gasteiger partial charge in [-0.1, -0.05) is 6.07 Å². The smallest absolute Gasteiger partial charge is 0.237 e. The Labute approximate surface area is 147 Å². The lowest BCUT2D eigenvalue weighted by molar-refractivity contribution is 0.582. The lowest BCUT2D eigenvalue weighted by atomic mass is 10.2. The second-order valence-electron chi connectivity index (χ2n) is 5.19. The molecule has 0 aliphatic rings. The Bertz CT molecular complexity index is 1120. The zero-order valence-corrected chi connectivity index (χ0v) is 14.4. The molecule has 0 saturated heterocycles. The van der Waals surface area contributed by atoms with Crippen LogP contribution < -0.4 is 4.72 Å². The van der Waals surface area contributed by atoms with Crippen molar-refractivity contribution in [3.05, 3.63) is 60.6 Å². The van der Waals surface area contributed by atoms with Crippen LogP contribution in [0.5, 0.6) is 0 Å². The summed E-state index contributed by atoms with van der Waals surface area (Å²) in [4.78, 5) is 4.35.